The molecule has 0 N–H and O–H groups in total. The Balaban J connectivity index is 2.56. The number of carbonyl (C=O) groups excluding carboxylic acids is 1. The number of nitro benzene ring substituents is 1. The summed E-state index contributed by atoms with van der Waals surface area (Å²) in [6.45, 7) is 0. The zero-order valence-electron chi connectivity index (χ0n) is 9.81. The Morgan fingerprint density at radius 1 is 1.44 bits per heavy atom. The summed E-state index contributed by atoms with van der Waals surface area (Å²) in [5, 5.41) is 10.9. The van der Waals surface area contributed by atoms with Crippen LogP contribution in [0.1, 0.15) is 30.1 Å². The van der Waals surface area contributed by atoms with E-state index in [-0.39, 0.29) is 17.9 Å². The Bertz CT molecular complexity index is 515. The third-order valence-corrected chi connectivity index (χ3v) is 3.83. The van der Waals surface area contributed by atoms with Gasteiger partial charge >= 0.3 is 0 Å². The van der Waals surface area contributed by atoms with Gasteiger partial charge < -0.3 is 4.74 Å². The molecule has 0 fully saturated rings. The van der Waals surface area contributed by atoms with Crippen molar-refractivity contribution >= 4 is 27.4 Å². The number of hydrogen-bond acceptors (Lipinski definition) is 4. The summed E-state index contributed by atoms with van der Waals surface area (Å²) in [7, 11) is 1.51. The van der Waals surface area contributed by atoms with Gasteiger partial charge in [-0.2, -0.15) is 0 Å². The van der Waals surface area contributed by atoms with Crippen LogP contribution in [0, 0.1) is 10.1 Å². The van der Waals surface area contributed by atoms with E-state index in [2.05, 4.69) is 15.9 Å². The summed E-state index contributed by atoms with van der Waals surface area (Å²) < 4.78 is 5.96. The van der Waals surface area contributed by atoms with E-state index in [0.717, 1.165) is 11.1 Å². The first-order chi connectivity index (χ1) is 8.52. The van der Waals surface area contributed by atoms with Gasteiger partial charge in [0.15, 0.2) is 0 Å². The molecule has 0 saturated carbocycles. The molecule has 0 heterocycles. The number of hydrogen-bond donors (Lipinski definition) is 0. The summed E-state index contributed by atoms with van der Waals surface area (Å²) >= 11 is 3.34. The summed E-state index contributed by atoms with van der Waals surface area (Å²) in [6, 6.07) is 2.98. The van der Waals surface area contributed by atoms with Crippen LogP contribution in [0.4, 0.5) is 5.69 Å². The lowest BCUT2D eigenvalue weighted by atomic mass is 10.00. The number of rotatable bonds is 2. The highest BCUT2D eigenvalue weighted by molar-refractivity contribution is 9.10. The molecule has 0 aromatic heterocycles. The minimum atomic E-state index is -0.440. The second kappa shape index (κ2) is 5.16. The monoisotopic (exact) mass is 313 g/mol. The number of ether oxygens (including phenoxy) is 1. The Morgan fingerprint density at radius 3 is 2.78 bits per heavy atom. The van der Waals surface area contributed by atoms with E-state index >= 15 is 0 Å². The molecule has 1 unspecified atom stereocenters. The number of ketones is 1. The SMILES string of the molecule is COC1CC(=O)CCc2c(Br)cc([N+](=O)[O-])cc21. The lowest BCUT2D eigenvalue weighted by molar-refractivity contribution is -0.385. The van der Waals surface area contributed by atoms with Crippen molar-refractivity contribution in [3.8, 4) is 0 Å². The van der Waals surface area contributed by atoms with Crippen LogP contribution in [-0.2, 0) is 16.0 Å². The molecule has 0 bridgehead atoms. The first-order valence-corrected chi connectivity index (χ1v) is 6.33. The van der Waals surface area contributed by atoms with E-state index in [9.17, 15) is 14.9 Å². The summed E-state index contributed by atoms with van der Waals surface area (Å²) in [5.41, 5.74) is 1.68. The van der Waals surface area contributed by atoms with Crippen molar-refractivity contribution in [3.63, 3.8) is 0 Å². The highest BCUT2D eigenvalue weighted by Crippen LogP contribution is 2.36. The van der Waals surface area contributed by atoms with Crippen molar-refractivity contribution < 1.29 is 14.5 Å². The fraction of sp³-hybridized carbons (Fsp3) is 0.417. The minimum absolute atomic E-state index is 0.0111. The van der Waals surface area contributed by atoms with Crippen molar-refractivity contribution in [2.45, 2.75) is 25.4 Å². The molecule has 1 atom stereocenters. The highest BCUT2D eigenvalue weighted by Gasteiger charge is 2.26. The van der Waals surface area contributed by atoms with Crippen molar-refractivity contribution in [1.29, 1.82) is 0 Å². The Hall–Kier alpha value is -1.27. The van der Waals surface area contributed by atoms with Crippen molar-refractivity contribution in [2.75, 3.05) is 7.11 Å². The molecule has 0 spiro atoms. The number of Topliss-reactive ketones (excluding diaryl/α,β-unsaturated/α-hetero) is 1. The van der Waals surface area contributed by atoms with Gasteiger partial charge in [0.2, 0.25) is 0 Å². The number of carbonyl (C=O) groups is 1. The predicted molar refractivity (Wildman–Crippen MR) is 68.5 cm³/mol. The zero-order chi connectivity index (χ0) is 13.3. The molecule has 96 valence electrons. The summed E-state index contributed by atoms with van der Waals surface area (Å²) in [6.07, 6.45) is 0.915. The van der Waals surface area contributed by atoms with Crippen molar-refractivity contribution in [1.82, 2.24) is 0 Å². The molecule has 2 rings (SSSR count). The summed E-state index contributed by atoms with van der Waals surface area (Å²) in [5.74, 6) is 0.118. The van der Waals surface area contributed by atoms with Gasteiger partial charge in [0.1, 0.15) is 5.78 Å². The summed E-state index contributed by atoms with van der Waals surface area (Å²) in [4.78, 5) is 22.0. The number of halogens is 1. The average molecular weight is 314 g/mol. The maximum atomic E-state index is 11.6. The second-order valence-corrected chi connectivity index (χ2v) is 5.07. The van der Waals surface area contributed by atoms with Gasteiger partial charge in [-0.25, -0.2) is 0 Å². The van der Waals surface area contributed by atoms with Crippen molar-refractivity contribution in [2.24, 2.45) is 0 Å². The molecule has 1 aliphatic carbocycles. The van der Waals surface area contributed by atoms with Gasteiger partial charge in [-0.15, -0.1) is 0 Å². The molecule has 1 aliphatic rings. The molecule has 1 aromatic carbocycles. The third kappa shape index (κ3) is 2.44. The number of non-ortho nitro benzene ring substituents is 1. The van der Waals surface area contributed by atoms with Gasteiger partial charge in [0.25, 0.3) is 5.69 Å². The molecular weight excluding hydrogens is 302 g/mol. The van der Waals surface area contributed by atoms with Crippen LogP contribution in [0.2, 0.25) is 0 Å². The van der Waals surface area contributed by atoms with E-state index in [1.165, 1.54) is 19.2 Å². The first kappa shape index (κ1) is 13.2. The second-order valence-electron chi connectivity index (χ2n) is 4.22. The molecule has 0 aliphatic heterocycles. The highest BCUT2D eigenvalue weighted by atomic mass is 79.9. The Labute approximate surface area is 112 Å². The van der Waals surface area contributed by atoms with Crippen molar-refractivity contribution in [3.05, 3.63) is 37.8 Å². The maximum absolute atomic E-state index is 11.6. The normalized spacial score (nSPS) is 19.2. The number of benzene rings is 1. The molecule has 0 saturated heterocycles. The topological polar surface area (TPSA) is 69.4 Å². The standard InChI is InChI=1S/C12H12BrNO4/c1-18-12-6-8(15)2-3-9-10(12)4-7(14(16)17)5-11(9)13/h4-5,12H,2-3,6H2,1H3. The fourth-order valence-corrected chi connectivity index (χ4v) is 2.85. The lowest BCUT2D eigenvalue weighted by Crippen LogP contribution is -2.07. The van der Waals surface area contributed by atoms with Gasteiger partial charge in [0.05, 0.1) is 11.0 Å². The van der Waals surface area contributed by atoms with Crippen LogP contribution in [0.5, 0.6) is 0 Å². The van der Waals surface area contributed by atoms with Crippen LogP contribution in [0.3, 0.4) is 0 Å². The quantitative estimate of drug-likeness (QED) is 0.478. The van der Waals surface area contributed by atoms with Gasteiger partial charge in [-0.1, -0.05) is 15.9 Å². The van der Waals surface area contributed by atoms with Crippen LogP contribution in [0.25, 0.3) is 0 Å². The first-order valence-electron chi connectivity index (χ1n) is 5.54. The maximum Gasteiger partial charge on any atom is 0.270 e. The molecule has 18 heavy (non-hydrogen) atoms. The zero-order valence-corrected chi connectivity index (χ0v) is 11.4. The van der Waals surface area contributed by atoms with E-state index in [0.29, 0.717) is 17.3 Å². The van der Waals surface area contributed by atoms with Crippen LogP contribution >= 0.6 is 15.9 Å². The molecule has 5 nitrogen and oxygen atoms in total. The fourth-order valence-electron chi connectivity index (χ4n) is 2.19. The lowest BCUT2D eigenvalue weighted by Gasteiger charge is -2.16. The minimum Gasteiger partial charge on any atom is -0.376 e. The Kier molecular flexibility index (Phi) is 3.77. The van der Waals surface area contributed by atoms with Crippen LogP contribution < -0.4 is 0 Å². The van der Waals surface area contributed by atoms with Crippen LogP contribution in [-0.4, -0.2) is 17.8 Å². The van der Waals surface area contributed by atoms with E-state index in [1.807, 2.05) is 0 Å². The number of nitrogens with zero attached hydrogens (tertiary/aromatic N) is 1. The van der Waals surface area contributed by atoms with Gasteiger partial charge in [-0.3, -0.25) is 14.9 Å². The number of fused-ring (bicyclic) bond motifs is 1. The van der Waals surface area contributed by atoms with Gasteiger partial charge in [-0.05, 0) is 17.5 Å². The number of nitro groups is 1. The molecule has 1 aromatic rings. The molecular formula is C12H12BrNO4. The third-order valence-electron chi connectivity index (χ3n) is 3.12. The molecule has 0 amide bonds. The molecule has 6 heteroatoms. The average Bonchev–Trinajstić information content (AvgIpc) is 2.48. The number of methoxy groups -OCH3 is 1. The van der Waals surface area contributed by atoms with Gasteiger partial charge in [0, 0.05) is 36.6 Å². The largest absolute Gasteiger partial charge is 0.376 e. The van der Waals surface area contributed by atoms with E-state index in [4.69, 9.17) is 4.74 Å². The predicted octanol–water partition coefficient (Wildman–Crippen LogP) is 2.95. The van der Waals surface area contributed by atoms with Crippen LogP contribution in [0.15, 0.2) is 16.6 Å². The Morgan fingerprint density at radius 2 is 2.17 bits per heavy atom. The van der Waals surface area contributed by atoms with E-state index in [1.54, 1.807) is 0 Å². The smallest absolute Gasteiger partial charge is 0.270 e. The molecule has 0 radical (unpaired) electrons. The van der Waals surface area contributed by atoms with E-state index < -0.39 is 11.0 Å².